The summed E-state index contributed by atoms with van der Waals surface area (Å²) in [6, 6.07) is 5.45. The minimum Gasteiger partial charge on any atom is -0.392 e. The predicted molar refractivity (Wildman–Crippen MR) is 78.3 cm³/mol. The monoisotopic (exact) mass is 278 g/mol. The molecule has 0 saturated carbocycles. The molecule has 4 heteroatoms. The molecule has 2 heterocycles. The first-order chi connectivity index (χ1) is 9.69. The van der Waals surface area contributed by atoms with Gasteiger partial charge in [-0.15, -0.1) is 0 Å². The summed E-state index contributed by atoms with van der Waals surface area (Å²) in [6.45, 7) is 3.12. The van der Waals surface area contributed by atoms with Crippen molar-refractivity contribution < 1.29 is 9.50 Å². The first kappa shape index (κ1) is 13.8. The first-order valence-corrected chi connectivity index (χ1v) is 7.53. The van der Waals surface area contributed by atoms with Crippen molar-refractivity contribution in [1.29, 1.82) is 0 Å². The molecule has 2 saturated heterocycles. The Morgan fingerprint density at radius 2 is 2.15 bits per heavy atom. The van der Waals surface area contributed by atoms with E-state index >= 15 is 0 Å². The van der Waals surface area contributed by atoms with Gasteiger partial charge in [0, 0.05) is 30.4 Å². The Morgan fingerprint density at radius 3 is 2.95 bits per heavy atom. The molecule has 0 aromatic heterocycles. The second-order valence-electron chi connectivity index (χ2n) is 6.12. The number of likely N-dealkylation sites (tertiary alicyclic amines) is 1. The zero-order chi connectivity index (χ0) is 14.1. The van der Waals surface area contributed by atoms with Gasteiger partial charge in [-0.05, 0) is 57.0 Å². The van der Waals surface area contributed by atoms with Crippen LogP contribution in [-0.4, -0.2) is 42.7 Å². The summed E-state index contributed by atoms with van der Waals surface area (Å²) >= 11 is 0. The van der Waals surface area contributed by atoms with E-state index < -0.39 is 0 Å². The van der Waals surface area contributed by atoms with E-state index in [1.54, 1.807) is 0 Å². The number of aliphatic hydroxyl groups is 1. The lowest BCUT2D eigenvalue weighted by Crippen LogP contribution is -2.52. The molecule has 3 rings (SSSR count). The summed E-state index contributed by atoms with van der Waals surface area (Å²) in [5.74, 6) is 0.421. The highest BCUT2D eigenvalue weighted by molar-refractivity contribution is 5.54. The van der Waals surface area contributed by atoms with Gasteiger partial charge in [-0.25, -0.2) is 4.39 Å². The summed E-state index contributed by atoms with van der Waals surface area (Å²) < 4.78 is 13.3. The van der Waals surface area contributed by atoms with E-state index in [4.69, 9.17) is 0 Å². The molecule has 1 aromatic rings. The Bertz CT molecular complexity index is 480. The topological polar surface area (TPSA) is 26.7 Å². The summed E-state index contributed by atoms with van der Waals surface area (Å²) in [5.41, 5.74) is 1.70. The lowest BCUT2D eigenvalue weighted by Gasteiger charge is -2.47. The molecule has 20 heavy (non-hydrogen) atoms. The number of benzene rings is 1. The Balaban J connectivity index is 1.79. The maximum Gasteiger partial charge on any atom is 0.123 e. The highest BCUT2D eigenvalue weighted by Crippen LogP contribution is 2.33. The zero-order valence-corrected chi connectivity index (χ0v) is 12.1. The summed E-state index contributed by atoms with van der Waals surface area (Å²) in [4.78, 5) is 4.81. The number of nitrogens with zero attached hydrogens (tertiary/aromatic N) is 2. The Hall–Kier alpha value is -1.13. The van der Waals surface area contributed by atoms with Gasteiger partial charge in [0.15, 0.2) is 0 Å². The maximum atomic E-state index is 13.3. The minimum atomic E-state index is -0.273. The molecule has 1 aromatic carbocycles. The van der Waals surface area contributed by atoms with Gasteiger partial charge >= 0.3 is 0 Å². The van der Waals surface area contributed by atoms with Crippen molar-refractivity contribution in [3.8, 4) is 0 Å². The third kappa shape index (κ3) is 2.54. The summed E-state index contributed by atoms with van der Waals surface area (Å²) in [7, 11) is 2.23. The molecule has 0 radical (unpaired) electrons. The van der Waals surface area contributed by atoms with Crippen LogP contribution >= 0.6 is 0 Å². The molecule has 2 atom stereocenters. The predicted octanol–water partition coefficient (Wildman–Crippen LogP) is 2.24. The fourth-order valence-electron chi connectivity index (χ4n) is 3.86. The van der Waals surface area contributed by atoms with Gasteiger partial charge in [0.25, 0.3) is 0 Å². The number of rotatable bonds is 2. The number of anilines is 1. The first-order valence-electron chi connectivity index (χ1n) is 7.53. The van der Waals surface area contributed by atoms with Crippen LogP contribution in [0.25, 0.3) is 0 Å². The molecular formula is C16H23FN2O. The Morgan fingerprint density at radius 1 is 1.30 bits per heavy atom. The molecule has 2 aliphatic heterocycles. The van der Waals surface area contributed by atoms with Crippen molar-refractivity contribution in [3.63, 3.8) is 0 Å². The zero-order valence-electron chi connectivity index (χ0n) is 12.1. The van der Waals surface area contributed by atoms with Gasteiger partial charge in [-0.2, -0.15) is 0 Å². The van der Waals surface area contributed by atoms with Crippen LogP contribution in [0.15, 0.2) is 18.2 Å². The minimum absolute atomic E-state index is 0.0996. The van der Waals surface area contributed by atoms with Crippen molar-refractivity contribution in [3.05, 3.63) is 29.6 Å². The Labute approximate surface area is 120 Å². The molecule has 0 spiro atoms. The number of halogens is 1. The highest BCUT2D eigenvalue weighted by Gasteiger charge is 2.34. The van der Waals surface area contributed by atoms with Gasteiger partial charge in [-0.3, -0.25) is 0 Å². The second-order valence-corrected chi connectivity index (χ2v) is 6.12. The summed E-state index contributed by atoms with van der Waals surface area (Å²) in [5, 5.41) is 9.45. The smallest absolute Gasteiger partial charge is 0.123 e. The van der Waals surface area contributed by atoms with Crippen molar-refractivity contribution >= 4 is 5.69 Å². The van der Waals surface area contributed by atoms with Gasteiger partial charge < -0.3 is 14.9 Å². The van der Waals surface area contributed by atoms with Crippen molar-refractivity contribution in [2.45, 2.75) is 31.9 Å². The fourth-order valence-corrected chi connectivity index (χ4v) is 3.86. The van der Waals surface area contributed by atoms with E-state index in [1.165, 1.54) is 31.5 Å². The molecule has 2 fully saturated rings. The molecule has 0 bridgehead atoms. The van der Waals surface area contributed by atoms with Gasteiger partial charge in [0.1, 0.15) is 5.82 Å². The van der Waals surface area contributed by atoms with Crippen LogP contribution in [0.2, 0.25) is 0 Å². The second kappa shape index (κ2) is 5.70. The molecule has 110 valence electrons. The van der Waals surface area contributed by atoms with E-state index in [-0.39, 0.29) is 12.4 Å². The Kier molecular flexibility index (Phi) is 3.94. The summed E-state index contributed by atoms with van der Waals surface area (Å²) in [6.07, 6.45) is 3.70. The van der Waals surface area contributed by atoms with Crippen LogP contribution in [0.4, 0.5) is 10.1 Å². The van der Waals surface area contributed by atoms with E-state index in [0.717, 1.165) is 25.2 Å². The fraction of sp³-hybridized carbons (Fsp3) is 0.625. The van der Waals surface area contributed by atoms with Crippen LogP contribution in [-0.2, 0) is 6.61 Å². The number of piperidine rings is 2. The third-order valence-corrected chi connectivity index (χ3v) is 4.90. The van der Waals surface area contributed by atoms with E-state index in [2.05, 4.69) is 16.8 Å². The molecule has 3 nitrogen and oxygen atoms in total. The molecule has 0 aliphatic carbocycles. The molecule has 2 unspecified atom stereocenters. The normalized spacial score (nSPS) is 27.4. The SMILES string of the molecule is CN1CCCC2CN(c3ccc(F)cc3CO)CCC21. The van der Waals surface area contributed by atoms with Crippen LogP contribution < -0.4 is 4.90 Å². The van der Waals surface area contributed by atoms with Crippen molar-refractivity contribution in [2.75, 3.05) is 31.6 Å². The molecule has 0 amide bonds. The van der Waals surface area contributed by atoms with Gasteiger partial charge in [-0.1, -0.05) is 0 Å². The average Bonchev–Trinajstić information content (AvgIpc) is 2.47. The quantitative estimate of drug-likeness (QED) is 0.899. The van der Waals surface area contributed by atoms with Gasteiger partial charge in [0.05, 0.1) is 6.61 Å². The molecule has 1 N–H and O–H groups in total. The van der Waals surface area contributed by atoms with Crippen LogP contribution in [0.3, 0.4) is 0 Å². The van der Waals surface area contributed by atoms with Crippen LogP contribution in [0, 0.1) is 11.7 Å². The van der Waals surface area contributed by atoms with E-state index in [9.17, 15) is 9.50 Å². The average molecular weight is 278 g/mol. The largest absolute Gasteiger partial charge is 0.392 e. The standard InChI is InChI=1S/C16H23FN2O/c1-18-7-2-3-12-10-19(8-6-15(12)18)16-5-4-14(17)9-13(16)11-20/h4-5,9,12,15,20H,2-3,6-8,10-11H2,1H3. The van der Waals surface area contributed by atoms with Crippen molar-refractivity contribution in [1.82, 2.24) is 4.90 Å². The van der Waals surface area contributed by atoms with Crippen molar-refractivity contribution in [2.24, 2.45) is 5.92 Å². The molecule has 2 aliphatic rings. The van der Waals surface area contributed by atoms with Gasteiger partial charge in [0.2, 0.25) is 0 Å². The third-order valence-electron chi connectivity index (χ3n) is 4.90. The maximum absolute atomic E-state index is 13.3. The number of hydrogen-bond donors (Lipinski definition) is 1. The number of hydrogen-bond acceptors (Lipinski definition) is 3. The van der Waals surface area contributed by atoms with E-state index in [1.807, 2.05) is 6.07 Å². The van der Waals surface area contributed by atoms with Crippen LogP contribution in [0.1, 0.15) is 24.8 Å². The lowest BCUT2D eigenvalue weighted by atomic mass is 9.84. The number of fused-ring (bicyclic) bond motifs is 1. The number of aliphatic hydroxyl groups excluding tert-OH is 1. The molecular weight excluding hydrogens is 255 g/mol. The van der Waals surface area contributed by atoms with E-state index in [0.29, 0.717) is 17.5 Å². The highest BCUT2D eigenvalue weighted by atomic mass is 19.1. The van der Waals surface area contributed by atoms with Crippen LogP contribution in [0.5, 0.6) is 0 Å². The lowest BCUT2D eigenvalue weighted by molar-refractivity contribution is 0.102.